The first kappa shape index (κ1) is 14.2. The van der Waals surface area contributed by atoms with Crippen LogP contribution in [0, 0.1) is 5.41 Å². The van der Waals surface area contributed by atoms with Gasteiger partial charge >= 0.3 is 6.09 Å². The van der Waals surface area contributed by atoms with Crippen LogP contribution in [0.15, 0.2) is 0 Å². The molecule has 1 unspecified atom stereocenters. The number of carbonyl (C=O) groups is 1. The summed E-state index contributed by atoms with van der Waals surface area (Å²) in [6.07, 6.45) is 0.168. The predicted octanol–water partition coefficient (Wildman–Crippen LogP) is 0.656. The van der Waals surface area contributed by atoms with Crippen LogP contribution in [0.4, 0.5) is 4.79 Å². The van der Waals surface area contributed by atoms with E-state index in [-0.39, 0.29) is 31.1 Å². The first-order chi connectivity index (χ1) is 7.53. The highest BCUT2D eigenvalue weighted by molar-refractivity contribution is 7.88. The van der Waals surface area contributed by atoms with Crippen LogP contribution in [0.3, 0.4) is 0 Å². The van der Waals surface area contributed by atoms with Crippen molar-refractivity contribution in [1.82, 2.24) is 9.21 Å². The van der Waals surface area contributed by atoms with E-state index in [1.807, 2.05) is 20.8 Å². The Morgan fingerprint density at radius 3 is 2.18 bits per heavy atom. The van der Waals surface area contributed by atoms with Gasteiger partial charge in [0.15, 0.2) is 0 Å². The van der Waals surface area contributed by atoms with Gasteiger partial charge in [-0.05, 0) is 5.41 Å². The van der Waals surface area contributed by atoms with Crippen LogP contribution in [0.1, 0.15) is 20.8 Å². The van der Waals surface area contributed by atoms with E-state index in [0.29, 0.717) is 0 Å². The molecule has 0 aromatic rings. The SMILES string of the molecule is CC(C)(C)C1CN(S(C)(=O)=O)CCN1C(=O)O. The van der Waals surface area contributed by atoms with E-state index in [2.05, 4.69) is 0 Å². The van der Waals surface area contributed by atoms with Crippen LogP contribution in [0.5, 0.6) is 0 Å². The molecule has 17 heavy (non-hydrogen) atoms. The minimum absolute atomic E-state index is 0.227. The van der Waals surface area contributed by atoms with Gasteiger partial charge in [-0.15, -0.1) is 0 Å². The second kappa shape index (κ2) is 4.45. The molecule has 1 heterocycles. The summed E-state index contributed by atoms with van der Waals surface area (Å²) in [5.74, 6) is 0. The van der Waals surface area contributed by atoms with Crippen molar-refractivity contribution in [1.29, 1.82) is 0 Å². The highest BCUT2D eigenvalue weighted by atomic mass is 32.2. The minimum Gasteiger partial charge on any atom is -0.465 e. The van der Waals surface area contributed by atoms with Gasteiger partial charge in [0.25, 0.3) is 0 Å². The van der Waals surface area contributed by atoms with Crippen molar-refractivity contribution in [3.8, 4) is 0 Å². The lowest BCUT2D eigenvalue weighted by atomic mass is 9.85. The fourth-order valence-corrected chi connectivity index (χ4v) is 2.85. The summed E-state index contributed by atoms with van der Waals surface area (Å²) < 4.78 is 24.3. The maximum Gasteiger partial charge on any atom is 0.407 e. The summed E-state index contributed by atoms with van der Waals surface area (Å²) in [5, 5.41) is 9.12. The third-order valence-corrected chi connectivity index (χ3v) is 4.33. The zero-order valence-corrected chi connectivity index (χ0v) is 11.5. The zero-order chi connectivity index (χ0) is 13.4. The molecule has 0 aliphatic carbocycles. The van der Waals surface area contributed by atoms with Crippen molar-refractivity contribution in [2.45, 2.75) is 26.8 Å². The number of hydrogen-bond acceptors (Lipinski definition) is 3. The molecule has 0 bridgehead atoms. The Labute approximate surface area is 102 Å². The normalized spacial score (nSPS) is 23.8. The average molecular weight is 264 g/mol. The summed E-state index contributed by atoms with van der Waals surface area (Å²) >= 11 is 0. The van der Waals surface area contributed by atoms with Crippen molar-refractivity contribution < 1.29 is 18.3 Å². The molecule has 1 aliphatic heterocycles. The fraction of sp³-hybridized carbons (Fsp3) is 0.900. The summed E-state index contributed by atoms with van der Waals surface area (Å²) in [6, 6.07) is -0.316. The third kappa shape index (κ3) is 3.32. The van der Waals surface area contributed by atoms with Gasteiger partial charge in [-0.2, -0.15) is 4.31 Å². The van der Waals surface area contributed by atoms with Gasteiger partial charge in [0.2, 0.25) is 10.0 Å². The Morgan fingerprint density at radius 2 is 1.82 bits per heavy atom. The van der Waals surface area contributed by atoms with Crippen LogP contribution in [0.25, 0.3) is 0 Å². The monoisotopic (exact) mass is 264 g/mol. The number of amides is 1. The quantitative estimate of drug-likeness (QED) is 0.754. The molecular weight excluding hydrogens is 244 g/mol. The lowest BCUT2D eigenvalue weighted by Crippen LogP contribution is -2.60. The van der Waals surface area contributed by atoms with Gasteiger partial charge in [-0.1, -0.05) is 20.8 Å². The Hall–Kier alpha value is -0.820. The second-order valence-electron chi connectivity index (χ2n) is 5.48. The standard InChI is InChI=1S/C10H20N2O4S/c1-10(2,3)8-7-11(17(4,15)16)5-6-12(8)9(13)14/h8H,5-7H2,1-4H3,(H,13,14). The molecule has 0 aromatic heterocycles. The summed E-state index contributed by atoms with van der Waals surface area (Å²) in [5.41, 5.74) is -0.290. The summed E-state index contributed by atoms with van der Waals surface area (Å²) in [7, 11) is -3.25. The van der Waals surface area contributed by atoms with E-state index in [1.165, 1.54) is 9.21 Å². The smallest absolute Gasteiger partial charge is 0.407 e. The highest BCUT2D eigenvalue weighted by Gasteiger charge is 2.40. The highest BCUT2D eigenvalue weighted by Crippen LogP contribution is 2.28. The van der Waals surface area contributed by atoms with E-state index >= 15 is 0 Å². The number of hydrogen-bond donors (Lipinski definition) is 1. The van der Waals surface area contributed by atoms with E-state index in [0.717, 1.165) is 6.26 Å². The predicted molar refractivity (Wildman–Crippen MR) is 64.4 cm³/mol. The fourth-order valence-electron chi connectivity index (χ4n) is 2.03. The number of nitrogens with zero attached hydrogens (tertiary/aromatic N) is 2. The van der Waals surface area contributed by atoms with Gasteiger partial charge in [0, 0.05) is 19.6 Å². The molecule has 1 aliphatic rings. The third-order valence-electron chi connectivity index (χ3n) is 3.06. The average Bonchev–Trinajstić information content (AvgIpc) is 2.14. The molecular formula is C10H20N2O4S. The number of rotatable bonds is 1. The minimum atomic E-state index is -3.25. The van der Waals surface area contributed by atoms with Crippen LogP contribution < -0.4 is 0 Å². The van der Waals surface area contributed by atoms with Gasteiger partial charge in [0.1, 0.15) is 0 Å². The molecule has 0 spiro atoms. The largest absolute Gasteiger partial charge is 0.465 e. The molecule has 0 aromatic carbocycles. The van der Waals surface area contributed by atoms with Gasteiger partial charge in [0.05, 0.1) is 12.3 Å². The lowest BCUT2D eigenvalue weighted by molar-refractivity contribution is 0.0460. The summed E-state index contributed by atoms with van der Waals surface area (Å²) in [6.45, 7) is 6.44. The van der Waals surface area contributed by atoms with Crippen molar-refractivity contribution in [2.75, 3.05) is 25.9 Å². The van der Waals surface area contributed by atoms with Crippen molar-refractivity contribution in [2.24, 2.45) is 5.41 Å². The van der Waals surface area contributed by atoms with E-state index in [4.69, 9.17) is 5.11 Å². The van der Waals surface area contributed by atoms with Crippen molar-refractivity contribution >= 4 is 16.1 Å². The molecule has 1 N–H and O–H groups in total. The second-order valence-corrected chi connectivity index (χ2v) is 7.46. The lowest BCUT2D eigenvalue weighted by Gasteiger charge is -2.45. The van der Waals surface area contributed by atoms with Crippen LogP contribution in [0.2, 0.25) is 0 Å². The first-order valence-corrected chi connectivity index (χ1v) is 7.33. The zero-order valence-electron chi connectivity index (χ0n) is 10.7. The van der Waals surface area contributed by atoms with E-state index in [1.54, 1.807) is 0 Å². The molecule has 100 valence electrons. The molecule has 0 saturated carbocycles. The maximum absolute atomic E-state index is 11.5. The number of sulfonamides is 1. The van der Waals surface area contributed by atoms with Gasteiger partial charge in [-0.25, -0.2) is 13.2 Å². The van der Waals surface area contributed by atoms with Crippen molar-refractivity contribution in [3.05, 3.63) is 0 Å². The molecule has 6 nitrogen and oxygen atoms in total. The van der Waals surface area contributed by atoms with E-state index in [9.17, 15) is 13.2 Å². The molecule has 1 rings (SSSR count). The molecule has 1 saturated heterocycles. The maximum atomic E-state index is 11.5. The first-order valence-electron chi connectivity index (χ1n) is 5.48. The molecule has 0 radical (unpaired) electrons. The Kier molecular flexibility index (Phi) is 3.73. The Bertz CT molecular complexity index is 399. The number of carboxylic acid groups (broad SMARTS) is 1. The Balaban J connectivity index is 2.96. The summed E-state index contributed by atoms with van der Waals surface area (Å²) in [4.78, 5) is 12.5. The van der Waals surface area contributed by atoms with E-state index < -0.39 is 16.1 Å². The van der Waals surface area contributed by atoms with Crippen LogP contribution in [-0.4, -0.2) is 60.8 Å². The molecule has 1 atom stereocenters. The molecule has 7 heteroatoms. The van der Waals surface area contributed by atoms with Crippen LogP contribution >= 0.6 is 0 Å². The topological polar surface area (TPSA) is 77.9 Å². The molecule has 1 fully saturated rings. The molecule has 1 amide bonds. The van der Waals surface area contributed by atoms with Crippen molar-refractivity contribution in [3.63, 3.8) is 0 Å². The van der Waals surface area contributed by atoms with Gasteiger partial charge in [-0.3, -0.25) is 0 Å². The van der Waals surface area contributed by atoms with Gasteiger partial charge < -0.3 is 10.0 Å². The van der Waals surface area contributed by atoms with Crippen LogP contribution in [-0.2, 0) is 10.0 Å². The number of piperazine rings is 1. The Morgan fingerprint density at radius 1 is 1.29 bits per heavy atom.